The number of nitrogens with zero attached hydrogens (tertiary/aromatic N) is 6. The van der Waals surface area contributed by atoms with E-state index in [-0.39, 0.29) is 24.9 Å². The minimum Gasteiger partial charge on any atom is -0.379 e. The second-order valence-corrected chi connectivity index (χ2v) is 12.5. The molecular weight excluding hydrogens is 521 g/mol. The highest BCUT2D eigenvalue weighted by Crippen LogP contribution is 2.45. The molecular formula is C31H40FN7O2. The number of benzene rings is 1. The molecule has 1 saturated carbocycles. The Morgan fingerprint density at radius 2 is 1.98 bits per heavy atom. The van der Waals surface area contributed by atoms with Gasteiger partial charge in [-0.1, -0.05) is 26.0 Å². The number of ether oxygens (including phenoxy) is 1. The van der Waals surface area contributed by atoms with Crippen LogP contribution in [0, 0.1) is 5.92 Å². The molecule has 0 radical (unpaired) electrons. The zero-order valence-corrected chi connectivity index (χ0v) is 24.4. The molecule has 0 spiro atoms. The smallest absolute Gasteiger partial charge is 0.274 e. The summed E-state index contributed by atoms with van der Waals surface area (Å²) in [5.74, 6) is 0.975. The van der Waals surface area contributed by atoms with Crippen LogP contribution in [0.25, 0.3) is 0 Å². The Labute approximate surface area is 241 Å². The number of alkyl halides is 1. The molecule has 2 atom stereocenters. The second kappa shape index (κ2) is 11.2. The van der Waals surface area contributed by atoms with Crippen LogP contribution in [0.2, 0.25) is 0 Å². The molecule has 3 aliphatic rings. The Balaban J connectivity index is 1.23. The molecule has 4 heterocycles. The van der Waals surface area contributed by atoms with Gasteiger partial charge in [-0.25, -0.2) is 9.37 Å². The summed E-state index contributed by atoms with van der Waals surface area (Å²) in [6, 6.07) is 12.0. The number of hydrogen-bond donors (Lipinski definition) is 1. The number of pyridine rings is 1. The maximum absolute atomic E-state index is 15.8. The van der Waals surface area contributed by atoms with Crippen LogP contribution in [0.3, 0.4) is 0 Å². The zero-order chi connectivity index (χ0) is 28.7. The first-order valence-electron chi connectivity index (χ1n) is 14.6. The maximum atomic E-state index is 15.8. The summed E-state index contributed by atoms with van der Waals surface area (Å²) >= 11 is 0. The Morgan fingerprint density at radius 3 is 2.63 bits per heavy atom. The van der Waals surface area contributed by atoms with Crippen molar-refractivity contribution < 1.29 is 13.9 Å². The monoisotopic (exact) mass is 561 g/mol. The van der Waals surface area contributed by atoms with Gasteiger partial charge in [0.15, 0.2) is 12.0 Å². The van der Waals surface area contributed by atoms with Crippen molar-refractivity contribution in [1.82, 2.24) is 29.5 Å². The predicted octanol–water partition coefficient (Wildman–Crippen LogP) is 4.09. The van der Waals surface area contributed by atoms with Crippen molar-refractivity contribution in [1.29, 1.82) is 0 Å². The van der Waals surface area contributed by atoms with Crippen LogP contribution in [0.5, 0.6) is 0 Å². The maximum Gasteiger partial charge on any atom is 0.274 e. The van der Waals surface area contributed by atoms with Gasteiger partial charge in [0, 0.05) is 56.6 Å². The third-order valence-electron chi connectivity index (χ3n) is 8.90. The minimum absolute atomic E-state index is 0.233. The summed E-state index contributed by atoms with van der Waals surface area (Å²) < 4.78 is 22.9. The number of piperazine rings is 1. The number of carbonyl (C=O) groups is 1. The minimum atomic E-state index is -1.39. The number of anilines is 1. The molecule has 3 fully saturated rings. The lowest BCUT2D eigenvalue weighted by Gasteiger charge is -2.43. The van der Waals surface area contributed by atoms with E-state index in [4.69, 9.17) is 9.72 Å². The molecule has 1 amide bonds. The SMILES string of the molecule is CC(C)[C@H]1CN(C)CCN1Cc1cc(C(=O)Nc2cccc(C3([C@@H](F)c4nncn4C)COC3)c2)nc(C2CC2)c1. The van der Waals surface area contributed by atoms with Crippen molar-refractivity contribution in [3.05, 3.63) is 71.1 Å². The molecule has 0 unspecified atom stereocenters. The van der Waals surface area contributed by atoms with E-state index in [1.54, 1.807) is 11.6 Å². The van der Waals surface area contributed by atoms with Gasteiger partial charge in [-0.15, -0.1) is 10.2 Å². The zero-order valence-electron chi connectivity index (χ0n) is 24.4. The van der Waals surface area contributed by atoms with Crippen LogP contribution in [-0.4, -0.2) is 81.4 Å². The van der Waals surface area contributed by atoms with E-state index in [0.717, 1.165) is 55.8 Å². The molecule has 6 rings (SSSR count). The van der Waals surface area contributed by atoms with Gasteiger partial charge in [0.05, 0.1) is 18.6 Å². The first kappa shape index (κ1) is 27.9. The lowest BCUT2D eigenvalue weighted by Crippen LogP contribution is -2.53. The Kier molecular flexibility index (Phi) is 7.65. The normalized spacial score (nSPS) is 22.0. The van der Waals surface area contributed by atoms with Gasteiger partial charge in [0.1, 0.15) is 12.0 Å². The summed E-state index contributed by atoms with van der Waals surface area (Å²) in [6.07, 6.45) is 2.33. The average molecular weight is 562 g/mol. The molecule has 218 valence electrons. The van der Waals surface area contributed by atoms with Gasteiger partial charge in [0.25, 0.3) is 5.91 Å². The van der Waals surface area contributed by atoms with Crippen LogP contribution in [0.15, 0.2) is 42.7 Å². The molecule has 9 nitrogen and oxygen atoms in total. The third kappa shape index (κ3) is 5.65. The number of carbonyl (C=O) groups excluding carboxylic acids is 1. The topological polar surface area (TPSA) is 88.4 Å². The Morgan fingerprint density at radius 1 is 1.17 bits per heavy atom. The number of halogens is 1. The quantitative estimate of drug-likeness (QED) is 0.421. The number of hydrogen-bond acceptors (Lipinski definition) is 7. The third-order valence-corrected chi connectivity index (χ3v) is 8.90. The van der Waals surface area contributed by atoms with Crippen molar-refractivity contribution in [2.24, 2.45) is 13.0 Å². The van der Waals surface area contributed by atoms with Crippen molar-refractivity contribution in [3.63, 3.8) is 0 Å². The van der Waals surface area contributed by atoms with Crippen molar-refractivity contribution >= 4 is 11.6 Å². The Bertz CT molecular complexity index is 1400. The van der Waals surface area contributed by atoms with Gasteiger partial charge in [0.2, 0.25) is 0 Å². The molecule has 2 aromatic heterocycles. The molecule has 0 bridgehead atoms. The lowest BCUT2D eigenvalue weighted by atomic mass is 9.74. The van der Waals surface area contributed by atoms with E-state index in [9.17, 15) is 4.79 Å². The molecule has 1 aliphatic carbocycles. The lowest BCUT2D eigenvalue weighted by molar-refractivity contribution is -0.102. The fourth-order valence-corrected chi connectivity index (χ4v) is 6.11. The fraction of sp³-hybridized carbons (Fsp3) is 0.548. The standard InChI is InChI=1S/C31H40FN7O2/c1-20(2)27-16-37(3)10-11-39(27)15-21-12-25(22-8-9-22)35-26(13-21)30(40)34-24-7-5-6-23(14-24)31(17-41-18-31)28(32)29-36-33-19-38(29)4/h5-7,12-14,19-20,22,27-28H,8-11,15-18H2,1-4H3,(H,34,40)/t27-,28+/m1/s1. The van der Waals surface area contributed by atoms with E-state index < -0.39 is 11.6 Å². The van der Waals surface area contributed by atoms with Gasteiger partial charge in [-0.05, 0) is 61.2 Å². The average Bonchev–Trinajstić information content (AvgIpc) is 3.69. The van der Waals surface area contributed by atoms with Crippen LogP contribution in [0.1, 0.15) is 71.9 Å². The van der Waals surface area contributed by atoms with Crippen molar-refractivity contribution in [3.8, 4) is 0 Å². The molecule has 3 aromatic rings. The largest absolute Gasteiger partial charge is 0.379 e. The number of likely N-dealkylation sites (N-methyl/N-ethyl adjacent to an activating group) is 1. The molecule has 1 aromatic carbocycles. The summed E-state index contributed by atoms with van der Waals surface area (Å²) in [7, 11) is 3.92. The summed E-state index contributed by atoms with van der Waals surface area (Å²) in [5.41, 5.74) is 3.04. The molecule has 41 heavy (non-hydrogen) atoms. The van der Waals surface area contributed by atoms with E-state index >= 15 is 4.39 Å². The predicted molar refractivity (Wildman–Crippen MR) is 154 cm³/mol. The van der Waals surface area contributed by atoms with Crippen molar-refractivity contribution in [2.45, 2.75) is 56.8 Å². The van der Waals surface area contributed by atoms with Gasteiger partial charge >= 0.3 is 0 Å². The molecule has 10 heteroatoms. The first-order valence-corrected chi connectivity index (χ1v) is 14.6. The van der Waals surface area contributed by atoms with Crippen molar-refractivity contribution in [2.75, 3.05) is 45.2 Å². The van der Waals surface area contributed by atoms with Gasteiger partial charge in [-0.3, -0.25) is 9.69 Å². The summed E-state index contributed by atoms with van der Waals surface area (Å²) in [6.45, 7) is 8.92. The number of amides is 1. The molecule has 2 saturated heterocycles. The van der Waals surface area contributed by atoms with Gasteiger partial charge in [-0.2, -0.15) is 0 Å². The first-order chi connectivity index (χ1) is 19.7. The van der Waals surface area contributed by atoms with E-state index in [0.29, 0.717) is 29.3 Å². The van der Waals surface area contributed by atoms with Crippen LogP contribution in [-0.2, 0) is 23.7 Å². The van der Waals surface area contributed by atoms with Crippen LogP contribution >= 0.6 is 0 Å². The summed E-state index contributed by atoms with van der Waals surface area (Å²) in [5, 5.41) is 10.9. The number of aromatic nitrogens is 4. The van der Waals surface area contributed by atoms with E-state index in [1.807, 2.05) is 30.3 Å². The van der Waals surface area contributed by atoms with E-state index in [2.05, 4.69) is 52.3 Å². The number of rotatable bonds is 9. The van der Waals surface area contributed by atoms with E-state index in [1.165, 1.54) is 6.33 Å². The van der Waals surface area contributed by atoms with Gasteiger partial charge < -0.3 is 19.5 Å². The number of aryl methyl sites for hydroxylation is 1. The number of nitrogens with one attached hydrogen (secondary N) is 1. The van der Waals surface area contributed by atoms with Crippen LogP contribution < -0.4 is 5.32 Å². The van der Waals surface area contributed by atoms with Crippen LogP contribution in [0.4, 0.5) is 10.1 Å². The molecule has 2 aliphatic heterocycles. The fourth-order valence-electron chi connectivity index (χ4n) is 6.11. The second-order valence-electron chi connectivity index (χ2n) is 12.5. The summed E-state index contributed by atoms with van der Waals surface area (Å²) in [4.78, 5) is 23.3. The highest BCUT2D eigenvalue weighted by molar-refractivity contribution is 6.03. The highest BCUT2D eigenvalue weighted by atomic mass is 19.1. The highest BCUT2D eigenvalue weighted by Gasteiger charge is 2.50. The molecule has 1 N–H and O–H groups in total. The Hall–Kier alpha value is -3.21.